The van der Waals surface area contributed by atoms with Gasteiger partial charge in [0.05, 0.1) is 5.69 Å². The van der Waals surface area contributed by atoms with Crippen LogP contribution in [-0.2, 0) is 6.54 Å². The van der Waals surface area contributed by atoms with Crippen LogP contribution in [-0.4, -0.2) is 14.8 Å². The Balaban J connectivity index is 2.20. The summed E-state index contributed by atoms with van der Waals surface area (Å²) in [6.45, 7) is 4.61. The van der Waals surface area contributed by atoms with Gasteiger partial charge in [0, 0.05) is 30.9 Å². The molecule has 112 valence electrons. The molecule has 0 aliphatic heterocycles. The van der Waals surface area contributed by atoms with Crippen molar-refractivity contribution in [2.24, 2.45) is 0 Å². The van der Waals surface area contributed by atoms with Crippen molar-refractivity contribution in [3.8, 4) is 11.5 Å². The van der Waals surface area contributed by atoms with Crippen molar-refractivity contribution < 1.29 is 10.2 Å². The van der Waals surface area contributed by atoms with Crippen molar-refractivity contribution in [2.45, 2.75) is 32.9 Å². The summed E-state index contributed by atoms with van der Waals surface area (Å²) in [5, 5.41) is 22.3. The summed E-state index contributed by atoms with van der Waals surface area (Å²) >= 11 is 0. The number of rotatable bonds is 5. The molecule has 1 unspecified atom stereocenters. The number of anilines is 1. The van der Waals surface area contributed by atoms with E-state index in [0.717, 1.165) is 17.7 Å². The van der Waals surface area contributed by atoms with Gasteiger partial charge in [0.2, 0.25) is 0 Å². The maximum absolute atomic E-state index is 11.7. The van der Waals surface area contributed by atoms with Crippen LogP contribution < -0.4 is 10.9 Å². The standard InChI is InChI=1S/C16H20N2O3/c1-3-6-18-10-13(4-5-16(18)21)17-11(2)12-7-14(19)9-15(20)8-12/h4-5,7-11,17,19-20H,3,6H2,1-2H3. The first-order chi connectivity index (χ1) is 9.99. The van der Waals surface area contributed by atoms with Crippen molar-refractivity contribution >= 4 is 5.69 Å². The number of aromatic nitrogens is 1. The van der Waals surface area contributed by atoms with Gasteiger partial charge in [-0.25, -0.2) is 0 Å². The number of hydrogen-bond donors (Lipinski definition) is 3. The van der Waals surface area contributed by atoms with E-state index in [0.29, 0.717) is 6.54 Å². The van der Waals surface area contributed by atoms with Gasteiger partial charge in [0.25, 0.3) is 5.56 Å². The summed E-state index contributed by atoms with van der Waals surface area (Å²) in [4.78, 5) is 11.7. The lowest BCUT2D eigenvalue weighted by atomic mass is 10.1. The number of aryl methyl sites for hydroxylation is 1. The summed E-state index contributed by atoms with van der Waals surface area (Å²) < 4.78 is 1.66. The van der Waals surface area contributed by atoms with Crippen LogP contribution in [0.25, 0.3) is 0 Å². The van der Waals surface area contributed by atoms with E-state index in [1.807, 2.05) is 13.8 Å². The zero-order chi connectivity index (χ0) is 15.4. The summed E-state index contributed by atoms with van der Waals surface area (Å²) in [5.41, 5.74) is 1.56. The second-order valence-corrected chi connectivity index (χ2v) is 5.10. The molecule has 0 aliphatic carbocycles. The first-order valence-corrected chi connectivity index (χ1v) is 6.99. The van der Waals surface area contributed by atoms with Crippen LogP contribution in [0.5, 0.6) is 11.5 Å². The minimum atomic E-state index is -0.115. The number of phenolic OH excluding ortho intramolecular Hbond substituents is 2. The van der Waals surface area contributed by atoms with Crippen LogP contribution in [0.15, 0.2) is 41.3 Å². The van der Waals surface area contributed by atoms with Crippen LogP contribution in [0.2, 0.25) is 0 Å². The molecule has 0 spiro atoms. The molecule has 1 heterocycles. The normalized spacial score (nSPS) is 12.1. The van der Waals surface area contributed by atoms with Gasteiger partial charge < -0.3 is 20.1 Å². The number of phenols is 2. The lowest BCUT2D eigenvalue weighted by Gasteiger charge is -2.17. The minimum Gasteiger partial charge on any atom is -0.508 e. The predicted octanol–water partition coefficient (Wildman–Crippen LogP) is 2.84. The number of benzene rings is 1. The number of aromatic hydroxyl groups is 2. The quantitative estimate of drug-likeness (QED) is 0.791. The molecule has 1 aromatic carbocycles. The lowest BCUT2D eigenvalue weighted by Crippen LogP contribution is -2.19. The number of nitrogens with one attached hydrogen (secondary N) is 1. The lowest BCUT2D eigenvalue weighted by molar-refractivity contribution is 0.448. The van der Waals surface area contributed by atoms with Crippen LogP contribution in [0.1, 0.15) is 31.9 Å². The molecule has 1 atom stereocenters. The van der Waals surface area contributed by atoms with E-state index in [1.165, 1.54) is 12.1 Å². The van der Waals surface area contributed by atoms with E-state index in [-0.39, 0.29) is 23.1 Å². The SMILES string of the molecule is CCCn1cc(NC(C)c2cc(O)cc(O)c2)ccc1=O. The first kappa shape index (κ1) is 15.0. The topological polar surface area (TPSA) is 74.5 Å². The molecule has 2 aromatic rings. The molecule has 0 aliphatic rings. The number of nitrogens with zero attached hydrogens (tertiary/aromatic N) is 1. The number of pyridine rings is 1. The molecule has 21 heavy (non-hydrogen) atoms. The Morgan fingerprint density at radius 3 is 2.48 bits per heavy atom. The van der Waals surface area contributed by atoms with Gasteiger partial charge in [-0.05, 0) is 37.1 Å². The van der Waals surface area contributed by atoms with Gasteiger partial charge in [-0.3, -0.25) is 4.79 Å². The van der Waals surface area contributed by atoms with Crippen molar-refractivity contribution in [3.05, 3.63) is 52.4 Å². The van der Waals surface area contributed by atoms with Crippen molar-refractivity contribution in [2.75, 3.05) is 5.32 Å². The molecule has 3 N–H and O–H groups in total. The fraction of sp³-hybridized carbons (Fsp3) is 0.312. The third-order valence-corrected chi connectivity index (χ3v) is 3.26. The molecule has 0 bridgehead atoms. The molecule has 0 amide bonds. The molecule has 2 rings (SSSR count). The summed E-state index contributed by atoms with van der Waals surface area (Å²) in [6.07, 6.45) is 2.67. The summed E-state index contributed by atoms with van der Waals surface area (Å²) in [6, 6.07) is 7.63. The molecule has 5 nitrogen and oxygen atoms in total. The Kier molecular flexibility index (Phi) is 4.52. The largest absolute Gasteiger partial charge is 0.508 e. The molecular weight excluding hydrogens is 268 g/mol. The zero-order valence-corrected chi connectivity index (χ0v) is 12.2. The molecule has 0 fully saturated rings. The van der Waals surface area contributed by atoms with Gasteiger partial charge in [0.15, 0.2) is 0 Å². The Hall–Kier alpha value is -2.43. The fourth-order valence-electron chi connectivity index (χ4n) is 2.23. The highest BCUT2D eigenvalue weighted by atomic mass is 16.3. The van der Waals surface area contributed by atoms with Crippen LogP contribution in [0.3, 0.4) is 0 Å². The van der Waals surface area contributed by atoms with Gasteiger partial charge in [-0.2, -0.15) is 0 Å². The van der Waals surface area contributed by atoms with E-state index in [2.05, 4.69) is 5.32 Å². The average Bonchev–Trinajstić information content (AvgIpc) is 2.41. The smallest absolute Gasteiger partial charge is 0.250 e. The Morgan fingerprint density at radius 2 is 1.86 bits per heavy atom. The Bertz CT molecular complexity index is 659. The maximum Gasteiger partial charge on any atom is 0.250 e. The summed E-state index contributed by atoms with van der Waals surface area (Å²) in [7, 11) is 0. The van der Waals surface area contributed by atoms with E-state index in [4.69, 9.17) is 0 Å². The van der Waals surface area contributed by atoms with E-state index in [1.54, 1.807) is 29.0 Å². The summed E-state index contributed by atoms with van der Waals surface area (Å²) in [5.74, 6) is 0.0456. The van der Waals surface area contributed by atoms with Crippen LogP contribution >= 0.6 is 0 Å². The van der Waals surface area contributed by atoms with Crippen LogP contribution in [0, 0.1) is 0 Å². The molecule has 0 radical (unpaired) electrons. The molecule has 0 saturated carbocycles. The molecular formula is C16H20N2O3. The average molecular weight is 288 g/mol. The van der Waals surface area contributed by atoms with E-state index in [9.17, 15) is 15.0 Å². The molecule has 0 saturated heterocycles. The predicted molar refractivity (Wildman–Crippen MR) is 82.8 cm³/mol. The highest BCUT2D eigenvalue weighted by molar-refractivity contribution is 5.45. The van der Waals surface area contributed by atoms with Gasteiger partial charge in [0.1, 0.15) is 11.5 Å². The third-order valence-electron chi connectivity index (χ3n) is 3.26. The highest BCUT2D eigenvalue weighted by Crippen LogP contribution is 2.26. The van der Waals surface area contributed by atoms with Gasteiger partial charge >= 0.3 is 0 Å². The van der Waals surface area contributed by atoms with E-state index < -0.39 is 0 Å². The maximum atomic E-state index is 11.7. The molecule has 1 aromatic heterocycles. The Labute approximate surface area is 123 Å². The fourth-order valence-corrected chi connectivity index (χ4v) is 2.23. The first-order valence-electron chi connectivity index (χ1n) is 6.99. The Morgan fingerprint density at radius 1 is 1.19 bits per heavy atom. The second kappa shape index (κ2) is 6.35. The third kappa shape index (κ3) is 3.78. The van der Waals surface area contributed by atoms with Gasteiger partial charge in [-0.15, -0.1) is 0 Å². The van der Waals surface area contributed by atoms with Crippen molar-refractivity contribution in [3.63, 3.8) is 0 Å². The monoisotopic (exact) mass is 288 g/mol. The highest BCUT2D eigenvalue weighted by Gasteiger charge is 2.09. The van der Waals surface area contributed by atoms with Crippen molar-refractivity contribution in [1.82, 2.24) is 4.57 Å². The van der Waals surface area contributed by atoms with E-state index >= 15 is 0 Å². The minimum absolute atomic E-state index is 0.0228. The van der Waals surface area contributed by atoms with Crippen LogP contribution in [0.4, 0.5) is 5.69 Å². The second-order valence-electron chi connectivity index (χ2n) is 5.10. The number of hydrogen-bond acceptors (Lipinski definition) is 4. The van der Waals surface area contributed by atoms with Gasteiger partial charge in [-0.1, -0.05) is 6.92 Å². The van der Waals surface area contributed by atoms with Crippen molar-refractivity contribution in [1.29, 1.82) is 0 Å². The zero-order valence-electron chi connectivity index (χ0n) is 12.2. The molecule has 5 heteroatoms.